The molecule has 0 unspecified atom stereocenters. The van der Waals surface area contributed by atoms with E-state index in [2.05, 4.69) is 40.1 Å². The Morgan fingerprint density at radius 1 is 1.18 bits per heavy atom. The van der Waals surface area contributed by atoms with E-state index in [1.165, 1.54) is 28.7 Å². The van der Waals surface area contributed by atoms with Gasteiger partial charge in [0.15, 0.2) is 0 Å². The number of piperidine rings is 1. The van der Waals surface area contributed by atoms with Crippen LogP contribution in [0, 0.1) is 18.7 Å². The molecule has 1 aliphatic rings. The van der Waals surface area contributed by atoms with Gasteiger partial charge in [0.25, 0.3) is 0 Å². The van der Waals surface area contributed by atoms with E-state index in [0.29, 0.717) is 18.0 Å². The SMILES string of the molecule is CSc1ccccc1CN1CCC(CNS(=O)(=O)c2ccc(F)cc2C)CC1. The molecule has 0 amide bonds. The molecular weight excluding hydrogens is 395 g/mol. The predicted molar refractivity (Wildman–Crippen MR) is 113 cm³/mol. The summed E-state index contributed by atoms with van der Waals surface area (Å²) in [5.74, 6) is -0.102. The second-order valence-electron chi connectivity index (χ2n) is 7.29. The van der Waals surface area contributed by atoms with Gasteiger partial charge in [-0.2, -0.15) is 0 Å². The molecule has 0 aliphatic carbocycles. The lowest BCUT2D eigenvalue weighted by molar-refractivity contribution is 0.177. The topological polar surface area (TPSA) is 49.4 Å². The molecule has 3 rings (SSSR count). The number of rotatable bonds is 7. The zero-order valence-electron chi connectivity index (χ0n) is 16.3. The van der Waals surface area contributed by atoms with Crippen molar-refractivity contribution >= 4 is 21.8 Å². The standard InChI is InChI=1S/C21H27FN2O2S2/c1-16-13-19(22)7-8-21(16)28(25,26)23-14-17-9-11-24(12-10-17)15-18-5-3-4-6-20(18)27-2/h3-8,13,17,23H,9-12,14-15H2,1-2H3. The van der Waals surface area contributed by atoms with Crippen LogP contribution in [0.5, 0.6) is 0 Å². The van der Waals surface area contributed by atoms with Gasteiger partial charge in [-0.05, 0) is 80.4 Å². The van der Waals surface area contributed by atoms with E-state index in [0.717, 1.165) is 32.5 Å². The number of likely N-dealkylation sites (tertiary alicyclic amines) is 1. The molecule has 0 aromatic heterocycles. The summed E-state index contributed by atoms with van der Waals surface area (Å²) in [6.45, 7) is 4.90. The fourth-order valence-corrected chi connectivity index (χ4v) is 5.59. The molecule has 0 spiro atoms. The van der Waals surface area contributed by atoms with Crippen LogP contribution in [0.25, 0.3) is 0 Å². The maximum Gasteiger partial charge on any atom is 0.240 e. The Balaban J connectivity index is 1.51. The fraction of sp³-hybridized carbons (Fsp3) is 0.429. The van der Waals surface area contributed by atoms with Crippen molar-refractivity contribution in [2.24, 2.45) is 5.92 Å². The molecule has 1 heterocycles. The number of benzene rings is 2. The van der Waals surface area contributed by atoms with Gasteiger partial charge in [0.05, 0.1) is 4.90 Å². The van der Waals surface area contributed by atoms with Crippen LogP contribution >= 0.6 is 11.8 Å². The summed E-state index contributed by atoms with van der Waals surface area (Å²) in [5.41, 5.74) is 1.77. The first-order valence-electron chi connectivity index (χ1n) is 9.49. The second kappa shape index (κ2) is 9.39. The highest BCUT2D eigenvalue weighted by atomic mass is 32.2. The lowest BCUT2D eigenvalue weighted by atomic mass is 9.97. The fourth-order valence-electron chi connectivity index (χ4n) is 3.64. The summed E-state index contributed by atoms with van der Waals surface area (Å²) >= 11 is 1.77. The van der Waals surface area contributed by atoms with Gasteiger partial charge in [-0.3, -0.25) is 4.90 Å². The number of nitrogens with one attached hydrogen (secondary N) is 1. The maximum atomic E-state index is 13.2. The Morgan fingerprint density at radius 3 is 2.57 bits per heavy atom. The van der Waals surface area contributed by atoms with E-state index in [9.17, 15) is 12.8 Å². The van der Waals surface area contributed by atoms with Crippen LogP contribution in [-0.2, 0) is 16.6 Å². The van der Waals surface area contributed by atoms with Crippen molar-refractivity contribution in [3.63, 3.8) is 0 Å². The van der Waals surface area contributed by atoms with Gasteiger partial charge in [-0.1, -0.05) is 18.2 Å². The van der Waals surface area contributed by atoms with E-state index in [4.69, 9.17) is 0 Å². The maximum absolute atomic E-state index is 13.2. The third-order valence-electron chi connectivity index (χ3n) is 5.28. The molecule has 152 valence electrons. The molecule has 2 aromatic carbocycles. The number of hydrogen-bond acceptors (Lipinski definition) is 4. The first-order valence-corrected chi connectivity index (χ1v) is 12.2. The van der Waals surface area contributed by atoms with Crippen molar-refractivity contribution in [1.29, 1.82) is 0 Å². The summed E-state index contributed by atoms with van der Waals surface area (Å²) in [6.07, 6.45) is 4.03. The van der Waals surface area contributed by atoms with Gasteiger partial charge in [0.1, 0.15) is 5.82 Å². The van der Waals surface area contributed by atoms with Gasteiger partial charge < -0.3 is 0 Å². The first-order chi connectivity index (χ1) is 13.4. The van der Waals surface area contributed by atoms with E-state index in [1.54, 1.807) is 18.7 Å². The van der Waals surface area contributed by atoms with Gasteiger partial charge in [0, 0.05) is 18.0 Å². The van der Waals surface area contributed by atoms with E-state index in [1.807, 2.05) is 0 Å². The van der Waals surface area contributed by atoms with E-state index < -0.39 is 15.8 Å². The van der Waals surface area contributed by atoms with Crippen LogP contribution in [0.15, 0.2) is 52.3 Å². The monoisotopic (exact) mass is 422 g/mol. The molecule has 1 N–H and O–H groups in total. The van der Waals surface area contributed by atoms with Crippen LogP contribution in [0.3, 0.4) is 0 Å². The van der Waals surface area contributed by atoms with Crippen LogP contribution in [0.1, 0.15) is 24.0 Å². The average molecular weight is 423 g/mol. The quantitative estimate of drug-likeness (QED) is 0.684. The Morgan fingerprint density at radius 2 is 1.89 bits per heavy atom. The molecule has 0 atom stereocenters. The average Bonchev–Trinajstić information content (AvgIpc) is 2.67. The minimum Gasteiger partial charge on any atom is -0.299 e. The van der Waals surface area contributed by atoms with Crippen LogP contribution in [-0.4, -0.2) is 39.2 Å². The Kier molecular flexibility index (Phi) is 7.15. The number of sulfonamides is 1. The van der Waals surface area contributed by atoms with Crippen LogP contribution < -0.4 is 4.72 Å². The highest BCUT2D eigenvalue weighted by Gasteiger charge is 2.23. The van der Waals surface area contributed by atoms with Crippen molar-refractivity contribution < 1.29 is 12.8 Å². The third-order valence-corrected chi connectivity index (χ3v) is 7.70. The largest absolute Gasteiger partial charge is 0.299 e. The summed E-state index contributed by atoms with van der Waals surface area (Å²) in [5, 5.41) is 0. The molecule has 0 radical (unpaired) electrons. The molecule has 2 aromatic rings. The number of halogens is 1. The van der Waals surface area contributed by atoms with Crippen molar-refractivity contribution in [3.05, 3.63) is 59.4 Å². The molecule has 1 saturated heterocycles. The van der Waals surface area contributed by atoms with Crippen molar-refractivity contribution in [1.82, 2.24) is 9.62 Å². The minimum atomic E-state index is -3.61. The van der Waals surface area contributed by atoms with Crippen molar-refractivity contribution in [2.75, 3.05) is 25.9 Å². The van der Waals surface area contributed by atoms with E-state index >= 15 is 0 Å². The molecule has 4 nitrogen and oxygen atoms in total. The smallest absolute Gasteiger partial charge is 0.240 e. The van der Waals surface area contributed by atoms with Crippen LogP contribution in [0.4, 0.5) is 4.39 Å². The summed E-state index contributed by atoms with van der Waals surface area (Å²) in [4.78, 5) is 3.90. The molecule has 1 fully saturated rings. The zero-order valence-corrected chi connectivity index (χ0v) is 18.0. The number of thioether (sulfide) groups is 1. The van der Waals surface area contributed by atoms with Crippen molar-refractivity contribution in [2.45, 2.75) is 36.1 Å². The van der Waals surface area contributed by atoms with Gasteiger partial charge >= 0.3 is 0 Å². The highest BCUT2D eigenvalue weighted by molar-refractivity contribution is 7.98. The summed E-state index contributed by atoms with van der Waals surface area (Å²) in [6, 6.07) is 12.2. The zero-order chi connectivity index (χ0) is 20.1. The van der Waals surface area contributed by atoms with Gasteiger partial charge in [-0.15, -0.1) is 11.8 Å². The lowest BCUT2D eigenvalue weighted by Gasteiger charge is -2.32. The molecule has 1 aliphatic heterocycles. The third kappa shape index (κ3) is 5.35. The molecule has 7 heteroatoms. The first kappa shape index (κ1) is 21.3. The second-order valence-corrected chi connectivity index (χ2v) is 9.88. The predicted octanol–water partition coefficient (Wildman–Crippen LogP) is 4.05. The molecule has 28 heavy (non-hydrogen) atoms. The molecule has 0 bridgehead atoms. The van der Waals surface area contributed by atoms with Crippen LogP contribution in [0.2, 0.25) is 0 Å². The Labute approximate surface area is 171 Å². The normalized spacial score (nSPS) is 16.4. The highest BCUT2D eigenvalue weighted by Crippen LogP contribution is 2.24. The minimum absolute atomic E-state index is 0.153. The number of hydrogen-bond donors (Lipinski definition) is 1. The molecular formula is C21H27FN2O2S2. The lowest BCUT2D eigenvalue weighted by Crippen LogP contribution is -2.38. The summed E-state index contributed by atoms with van der Waals surface area (Å²) in [7, 11) is -3.61. The van der Waals surface area contributed by atoms with Gasteiger partial charge in [0.2, 0.25) is 10.0 Å². The number of nitrogens with zero attached hydrogens (tertiary/aromatic N) is 1. The van der Waals surface area contributed by atoms with E-state index in [-0.39, 0.29) is 4.90 Å². The summed E-state index contributed by atoms with van der Waals surface area (Å²) < 4.78 is 41.0. The van der Waals surface area contributed by atoms with Crippen molar-refractivity contribution in [3.8, 4) is 0 Å². The van der Waals surface area contributed by atoms with Gasteiger partial charge in [-0.25, -0.2) is 17.5 Å². The Bertz CT molecular complexity index is 910. The number of aryl methyl sites for hydroxylation is 1. The Hall–Kier alpha value is -1.41. The molecule has 0 saturated carbocycles.